The van der Waals surface area contributed by atoms with Crippen LogP contribution in [0.25, 0.3) is 0 Å². The Morgan fingerprint density at radius 3 is 2.40 bits per heavy atom. The molecule has 0 unspecified atom stereocenters. The second kappa shape index (κ2) is 5.26. The van der Waals surface area contributed by atoms with Crippen molar-refractivity contribution in [3.05, 3.63) is 41.6 Å². The zero-order valence-corrected chi connectivity index (χ0v) is 12.5. The highest BCUT2D eigenvalue weighted by atomic mass is 32.2. The smallest absolute Gasteiger partial charge is 0.246 e. The summed E-state index contributed by atoms with van der Waals surface area (Å²) < 4.78 is 28.9. The lowest BCUT2D eigenvalue weighted by Gasteiger charge is -2.14. The van der Waals surface area contributed by atoms with Gasteiger partial charge in [0, 0.05) is 13.1 Å². The monoisotopic (exact) mass is 294 g/mol. The molecule has 0 aliphatic carbocycles. The molecule has 108 valence electrons. The third-order valence-electron chi connectivity index (χ3n) is 3.20. The summed E-state index contributed by atoms with van der Waals surface area (Å²) in [6.45, 7) is 3.46. The molecule has 0 aliphatic heterocycles. The highest BCUT2D eigenvalue weighted by Gasteiger charge is 2.26. The minimum absolute atomic E-state index is 0.0118. The standard InChI is InChI=1S/C13H18N4O2S/c1-9(11-7-5-4-6-8-11)16-20(18,19)12-10(2)17(3)15-13(12)14/h4-9,16H,1-3H3,(H2,14,15)/t9-/m1/s1. The van der Waals surface area contributed by atoms with Crippen LogP contribution >= 0.6 is 0 Å². The van der Waals surface area contributed by atoms with E-state index >= 15 is 0 Å². The molecule has 1 aromatic heterocycles. The summed E-state index contributed by atoms with van der Waals surface area (Å²) in [5.74, 6) is 0.0118. The number of nitrogens with zero attached hydrogens (tertiary/aromatic N) is 2. The van der Waals surface area contributed by atoms with Crippen molar-refractivity contribution in [2.75, 3.05) is 5.73 Å². The van der Waals surface area contributed by atoms with Crippen molar-refractivity contribution in [3.8, 4) is 0 Å². The lowest BCUT2D eigenvalue weighted by Crippen LogP contribution is -2.27. The minimum atomic E-state index is -3.71. The van der Waals surface area contributed by atoms with Crippen LogP contribution in [0.5, 0.6) is 0 Å². The lowest BCUT2D eigenvalue weighted by atomic mass is 10.1. The Bertz CT molecular complexity index is 707. The molecule has 20 heavy (non-hydrogen) atoms. The first-order valence-electron chi connectivity index (χ1n) is 6.19. The molecule has 3 N–H and O–H groups in total. The maximum Gasteiger partial charge on any atom is 0.246 e. The summed E-state index contributed by atoms with van der Waals surface area (Å²) in [5.41, 5.74) is 7.09. The van der Waals surface area contributed by atoms with Gasteiger partial charge >= 0.3 is 0 Å². The second-order valence-corrected chi connectivity index (χ2v) is 6.33. The maximum absolute atomic E-state index is 12.4. The molecule has 0 saturated heterocycles. The number of hydrogen-bond acceptors (Lipinski definition) is 4. The Hall–Kier alpha value is -1.86. The molecular weight excluding hydrogens is 276 g/mol. The summed E-state index contributed by atoms with van der Waals surface area (Å²) in [6, 6.07) is 9.00. The topological polar surface area (TPSA) is 90.0 Å². The Kier molecular flexibility index (Phi) is 3.82. The molecule has 0 radical (unpaired) electrons. The molecule has 1 aromatic carbocycles. The zero-order chi connectivity index (χ0) is 14.9. The molecule has 2 aromatic rings. The second-order valence-electron chi connectivity index (χ2n) is 4.68. The number of anilines is 1. The van der Waals surface area contributed by atoms with Gasteiger partial charge in [-0.3, -0.25) is 4.68 Å². The first kappa shape index (κ1) is 14.5. The van der Waals surface area contributed by atoms with Crippen LogP contribution in [0.3, 0.4) is 0 Å². The van der Waals surface area contributed by atoms with Crippen molar-refractivity contribution >= 4 is 15.8 Å². The van der Waals surface area contributed by atoms with Crippen molar-refractivity contribution in [2.45, 2.75) is 24.8 Å². The fourth-order valence-corrected chi connectivity index (χ4v) is 3.60. The van der Waals surface area contributed by atoms with Crippen LogP contribution in [0.1, 0.15) is 24.2 Å². The Morgan fingerprint density at radius 2 is 1.90 bits per heavy atom. The van der Waals surface area contributed by atoms with Gasteiger partial charge in [0.25, 0.3) is 0 Å². The number of nitrogens with one attached hydrogen (secondary N) is 1. The number of nitrogens with two attached hydrogens (primary N) is 1. The first-order chi connectivity index (χ1) is 9.33. The van der Waals surface area contributed by atoms with E-state index in [9.17, 15) is 8.42 Å². The largest absolute Gasteiger partial charge is 0.381 e. The van der Waals surface area contributed by atoms with E-state index in [-0.39, 0.29) is 16.8 Å². The van der Waals surface area contributed by atoms with Gasteiger partial charge in [-0.1, -0.05) is 30.3 Å². The van der Waals surface area contributed by atoms with E-state index in [1.807, 2.05) is 30.3 Å². The molecule has 1 heterocycles. The molecular formula is C13H18N4O2S. The molecule has 1 atom stereocenters. The van der Waals surface area contributed by atoms with E-state index < -0.39 is 10.0 Å². The molecule has 2 rings (SSSR count). The van der Waals surface area contributed by atoms with E-state index in [1.54, 1.807) is 20.9 Å². The van der Waals surface area contributed by atoms with E-state index in [2.05, 4.69) is 9.82 Å². The van der Waals surface area contributed by atoms with Gasteiger partial charge in [0.1, 0.15) is 4.90 Å². The number of hydrogen-bond donors (Lipinski definition) is 2. The fourth-order valence-electron chi connectivity index (χ4n) is 2.05. The maximum atomic E-state index is 12.4. The molecule has 0 saturated carbocycles. The van der Waals surface area contributed by atoms with Gasteiger partial charge in [-0.15, -0.1) is 0 Å². The summed E-state index contributed by atoms with van der Waals surface area (Å²) >= 11 is 0. The van der Waals surface area contributed by atoms with Gasteiger partial charge in [-0.25, -0.2) is 13.1 Å². The van der Waals surface area contributed by atoms with Crippen molar-refractivity contribution < 1.29 is 8.42 Å². The van der Waals surface area contributed by atoms with Gasteiger partial charge in [0.15, 0.2) is 5.82 Å². The van der Waals surface area contributed by atoms with E-state index in [1.165, 1.54) is 4.68 Å². The summed E-state index contributed by atoms with van der Waals surface area (Å²) in [6.07, 6.45) is 0. The Labute approximate surface area is 118 Å². The molecule has 0 bridgehead atoms. The number of nitrogen functional groups attached to an aromatic ring is 1. The van der Waals surface area contributed by atoms with Crippen LogP contribution in [0.4, 0.5) is 5.82 Å². The molecule has 0 aliphatic rings. The van der Waals surface area contributed by atoms with Gasteiger partial charge in [-0.2, -0.15) is 5.10 Å². The van der Waals surface area contributed by atoms with E-state index in [4.69, 9.17) is 5.73 Å². The van der Waals surface area contributed by atoms with Crippen molar-refractivity contribution in [1.82, 2.24) is 14.5 Å². The molecule has 0 amide bonds. The quantitative estimate of drug-likeness (QED) is 0.890. The molecule has 7 heteroatoms. The van der Waals surface area contributed by atoms with Crippen LogP contribution in [0.2, 0.25) is 0 Å². The highest BCUT2D eigenvalue weighted by Crippen LogP contribution is 2.23. The summed E-state index contributed by atoms with van der Waals surface area (Å²) in [4.78, 5) is 0.0442. The predicted molar refractivity (Wildman–Crippen MR) is 77.5 cm³/mol. The van der Waals surface area contributed by atoms with Gasteiger partial charge < -0.3 is 5.73 Å². The number of rotatable bonds is 4. The molecule has 6 nitrogen and oxygen atoms in total. The normalized spacial score (nSPS) is 13.3. The van der Waals surface area contributed by atoms with Gasteiger partial charge in [0.2, 0.25) is 10.0 Å². The fraction of sp³-hybridized carbons (Fsp3) is 0.308. The van der Waals surface area contributed by atoms with Crippen molar-refractivity contribution in [2.24, 2.45) is 7.05 Å². The SMILES string of the molecule is Cc1c(S(=O)(=O)N[C@H](C)c2ccccc2)c(N)nn1C. The number of aromatic nitrogens is 2. The summed E-state index contributed by atoms with van der Waals surface area (Å²) in [7, 11) is -2.05. The average molecular weight is 294 g/mol. The van der Waals surface area contributed by atoms with Gasteiger partial charge in [0.05, 0.1) is 5.69 Å². The number of benzene rings is 1. The van der Waals surface area contributed by atoms with E-state index in [0.717, 1.165) is 5.56 Å². The van der Waals surface area contributed by atoms with Crippen LogP contribution < -0.4 is 10.5 Å². The Balaban J connectivity index is 2.33. The first-order valence-corrected chi connectivity index (χ1v) is 7.67. The number of sulfonamides is 1. The average Bonchev–Trinajstić information content (AvgIpc) is 2.64. The molecule has 0 fully saturated rings. The van der Waals surface area contributed by atoms with Crippen LogP contribution in [-0.4, -0.2) is 18.2 Å². The van der Waals surface area contributed by atoms with Gasteiger partial charge in [-0.05, 0) is 19.4 Å². The van der Waals surface area contributed by atoms with E-state index in [0.29, 0.717) is 5.69 Å². The Morgan fingerprint density at radius 1 is 1.30 bits per heavy atom. The zero-order valence-electron chi connectivity index (χ0n) is 11.7. The third kappa shape index (κ3) is 2.68. The number of aryl methyl sites for hydroxylation is 1. The van der Waals surface area contributed by atoms with Crippen molar-refractivity contribution in [3.63, 3.8) is 0 Å². The van der Waals surface area contributed by atoms with Crippen LogP contribution in [-0.2, 0) is 17.1 Å². The highest BCUT2D eigenvalue weighted by molar-refractivity contribution is 7.89. The predicted octanol–water partition coefficient (Wildman–Crippen LogP) is 1.35. The summed E-state index contributed by atoms with van der Waals surface area (Å²) in [5, 5.41) is 3.93. The third-order valence-corrected chi connectivity index (χ3v) is 4.91. The lowest BCUT2D eigenvalue weighted by molar-refractivity contribution is 0.566. The minimum Gasteiger partial charge on any atom is -0.381 e. The molecule has 0 spiro atoms. The van der Waals surface area contributed by atoms with Crippen molar-refractivity contribution in [1.29, 1.82) is 0 Å². The van der Waals surface area contributed by atoms with Crippen LogP contribution in [0, 0.1) is 6.92 Å². The van der Waals surface area contributed by atoms with Crippen LogP contribution in [0.15, 0.2) is 35.2 Å².